The summed E-state index contributed by atoms with van der Waals surface area (Å²) >= 11 is 0. The lowest BCUT2D eigenvalue weighted by Gasteiger charge is -2.35. The van der Waals surface area contributed by atoms with Crippen molar-refractivity contribution in [2.24, 2.45) is 0 Å². The number of nitrogen functional groups attached to an aromatic ring is 1. The highest BCUT2D eigenvalue weighted by Crippen LogP contribution is 2.49. The van der Waals surface area contributed by atoms with Gasteiger partial charge in [0.05, 0.1) is 29.9 Å². The fourth-order valence-electron chi connectivity index (χ4n) is 4.13. The van der Waals surface area contributed by atoms with Gasteiger partial charge in [0.15, 0.2) is 11.6 Å². The highest BCUT2D eigenvalue weighted by molar-refractivity contribution is 6.32. The Morgan fingerprint density at radius 1 is 1.25 bits per heavy atom. The summed E-state index contributed by atoms with van der Waals surface area (Å²) in [5.74, 6) is 0.733. The normalized spacial score (nSPS) is 22.7. The van der Waals surface area contributed by atoms with E-state index < -0.39 is 29.0 Å². The molecular weight excluding hydrogens is 362 g/mol. The number of aliphatic hydroxyl groups excluding tert-OH is 1. The number of phenolic OH excluding ortho intramolecular Hbond substituents is 1. The lowest BCUT2D eigenvalue weighted by Crippen LogP contribution is -2.37. The molecular formula is C21H17NO6. The maximum atomic E-state index is 13.2. The quantitative estimate of drug-likeness (QED) is 0.283. The minimum atomic E-state index is -1.70. The molecule has 5 N–H and O–H groups in total. The molecule has 0 radical (unpaired) electrons. The Kier molecular flexibility index (Phi) is 3.76. The van der Waals surface area contributed by atoms with E-state index in [-0.39, 0.29) is 57.7 Å². The first kappa shape index (κ1) is 18.0. The zero-order valence-corrected chi connectivity index (χ0v) is 14.9. The van der Waals surface area contributed by atoms with Gasteiger partial charge in [0, 0.05) is 35.2 Å². The number of hydrogen-bond acceptors (Lipinski definition) is 7. The Morgan fingerprint density at radius 2 is 1.96 bits per heavy atom. The molecule has 0 saturated heterocycles. The Bertz CT molecular complexity index is 1110. The second kappa shape index (κ2) is 5.83. The van der Waals surface area contributed by atoms with E-state index >= 15 is 0 Å². The molecule has 0 unspecified atom stereocenters. The number of anilines is 1. The van der Waals surface area contributed by atoms with Crippen LogP contribution in [0.5, 0.6) is 11.5 Å². The van der Waals surface area contributed by atoms with Crippen molar-refractivity contribution in [3.8, 4) is 23.8 Å². The van der Waals surface area contributed by atoms with Crippen LogP contribution in [0.2, 0.25) is 0 Å². The number of rotatable bonds is 1. The number of terminal acetylenes is 1. The number of methoxy groups -OCH3 is 1. The minimum Gasteiger partial charge on any atom is -0.507 e. The predicted molar refractivity (Wildman–Crippen MR) is 99.4 cm³/mol. The summed E-state index contributed by atoms with van der Waals surface area (Å²) in [5.41, 5.74) is 4.27. The van der Waals surface area contributed by atoms with Crippen molar-refractivity contribution in [2.75, 3.05) is 12.8 Å². The van der Waals surface area contributed by atoms with Gasteiger partial charge >= 0.3 is 0 Å². The molecule has 7 heteroatoms. The van der Waals surface area contributed by atoms with Crippen LogP contribution >= 0.6 is 0 Å². The summed E-state index contributed by atoms with van der Waals surface area (Å²) in [5, 5.41) is 31.8. The Hall–Kier alpha value is -3.34. The molecule has 0 bridgehead atoms. The third-order valence-corrected chi connectivity index (χ3v) is 5.43. The van der Waals surface area contributed by atoms with E-state index in [2.05, 4.69) is 5.92 Å². The van der Waals surface area contributed by atoms with Gasteiger partial charge in [-0.05, 0) is 6.07 Å². The van der Waals surface area contributed by atoms with Crippen LogP contribution in [-0.4, -0.2) is 39.6 Å². The molecule has 0 saturated carbocycles. The Balaban J connectivity index is 2.06. The molecule has 0 spiro atoms. The number of ether oxygens (including phenoxy) is 1. The maximum absolute atomic E-state index is 13.2. The van der Waals surface area contributed by atoms with Crippen LogP contribution in [0.15, 0.2) is 18.2 Å². The van der Waals surface area contributed by atoms with Gasteiger partial charge < -0.3 is 25.8 Å². The second-order valence-electron chi connectivity index (χ2n) is 7.02. The van der Waals surface area contributed by atoms with E-state index in [4.69, 9.17) is 16.9 Å². The molecule has 0 aliphatic heterocycles. The zero-order valence-electron chi connectivity index (χ0n) is 14.9. The molecule has 0 aromatic heterocycles. The van der Waals surface area contributed by atoms with Crippen LogP contribution in [-0.2, 0) is 6.42 Å². The average Bonchev–Trinajstić information content (AvgIpc) is 2.67. The van der Waals surface area contributed by atoms with Crippen molar-refractivity contribution in [3.63, 3.8) is 0 Å². The summed E-state index contributed by atoms with van der Waals surface area (Å²) in [6.07, 6.45) is 3.66. The summed E-state index contributed by atoms with van der Waals surface area (Å²) in [4.78, 5) is 26.3. The third-order valence-electron chi connectivity index (χ3n) is 5.43. The van der Waals surface area contributed by atoms with E-state index in [1.165, 1.54) is 13.2 Å². The van der Waals surface area contributed by atoms with Crippen molar-refractivity contribution in [1.82, 2.24) is 0 Å². The average molecular weight is 379 g/mol. The lowest BCUT2D eigenvalue weighted by atomic mass is 9.73. The van der Waals surface area contributed by atoms with Crippen LogP contribution in [0.1, 0.15) is 55.5 Å². The number of aromatic hydroxyl groups is 1. The highest BCUT2D eigenvalue weighted by atomic mass is 16.5. The van der Waals surface area contributed by atoms with Gasteiger partial charge in [-0.15, -0.1) is 6.42 Å². The first-order chi connectivity index (χ1) is 13.2. The molecule has 0 heterocycles. The highest BCUT2D eigenvalue weighted by Gasteiger charge is 2.44. The first-order valence-corrected chi connectivity index (χ1v) is 8.55. The van der Waals surface area contributed by atoms with E-state index in [1.54, 1.807) is 12.1 Å². The van der Waals surface area contributed by atoms with E-state index in [0.29, 0.717) is 0 Å². The van der Waals surface area contributed by atoms with Crippen LogP contribution in [0.4, 0.5) is 5.69 Å². The molecule has 2 aromatic rings. The monoisotopic (exact) mass is 379 g/mol. The van der Waals surface area contributed by atoms with Crippen molar-refractivity contribution in [1.29, 1.82) is 0 Å². The number of nitrogens with two attached hydrogens (primary N) is 1. The summed E-state index contributed by atoms with van der Waals surface area (Å²) in [6, 6.07) is 4.57. The molecule has 2 aliphatic rings. The van der Waals surface area contributed by atoms with Crippen molar-refractivity contribution in [2.45, 2.75) is 24.5 Å². The van der Waals surface area contributed by atoms with E-state index in [1.807, 2.05) is 0 Å². The predicted octanol–water partition coefficient (Wildman–Crippen LogP) is 1.10. The van der Waals surface area contributed by atoms with E-state index in [0.717, 1.165) is 0 Å². The smallest absolute Gasteiger partial charge is 0.200 e. The summed E-state index contributed by atoms with van der Waals surface area (Å²) in [6.45, 7) is 0. The SMILES string of the molecule is C#C[C@]1(O)Cc2c(O)c3c(c(N)c2[C@@H](O)C1)C(=O)c1c(OC)cccc1C3=O. The number of fused-ring (bicyclic) bond motifs is 3. The molecule has 0 amide bonds. The number of phenols is 1. The number of ketones is 2. The fraction of sp³-hybridized carbons (Fsp3) is 0.238. The number of carbonyl (C=O) groups excluding carboxylic acids is 2. The Morgan fingerprint density at radius 3 is 2.61 bits per heavy atom. The van der Waals surface area contributed by atoms with E-state index in [9.17, 15) is 24.9 Å². The topological polar surface area (TPSA) is 130 Å². The van der Waals surface area contributed by atoms with Crippen LogP contribution in [0, 0.1) is 12.3 Å². The third kappa shape index (κ3) is 2.19. The van der Waals surface area contributed by atoms with Crippen molar-refractivity contribution >= 4 is 17.3 Å². The standard InChI is InChI=1S/C21H17NO6/c1-3-21(27)7-10-13(11(23)8-21)17(22)15-16(19(10)25)18(24)9-5-4-6-12(28-2)14(9)20(15)26/h1,4-6,11,23,25,27H,7-8,22H2,2H3/t11-,21-/m0/s1. The summed E-state index contributed by atoms with van der Waals surface area (Å²) in [7, 11) is 1.38. The number of benzene rings is 2. The van der Waals surface area contributed by atoms with Gasteiger partial charge in [-0.25, -0.2) is 0 Å². The fourth-order valence-corrected chi connectivity index (χ4v) is 4.13. The van der Waals surface area contributed by atoms with Gasteiger partial charge in [-0.1, -0.05) is 18.1 Å². The molecule has 2 atom stereocenters. The van der Waals surface area contributed by atoms with Gasteiger partial charge in [0.2, 0.25) is 0 Å². The molecule has 28 heavy (non-hydrogen) atoms. The molecule has 2 aliphatic carbocycles. The van der Waals surface area contributed by atoms with Gasteiger partial charge in [-0.2, -0.15) is 0 Å². The first-order valence-electron chi connectivity index (χ1n) is 8.55. The molecule has 0 fully saturated rings. The largest absolute Gasteiger partial charge is 0.507 e. The molecule has 7 nitrogen and oxygen atoms in total. The maximum Gasteiger partial charge on any atom is 0.200 e. The number of carbonyl (C=O) groups is 2. The van der Waals surface area contributed by atoms with Crippen LogP contribution in [0.25, 0.3) is 0 Å². The van der Waals surface area contributed by atoms with Crippen molar-refractivity contribution < 1.29 is 29.6 Å². The minimum absolute atomic E-state index is 0.0546. The molecule has 4 rings (SSSR count). The molecule has 2 aromatic carbocycles. The number of aliphatic hydroxyl groups is 2. The van der Waals surface area contributed by atoms with Crippen molar-refractivity contribution in [3.05, 3.63) is 51.6 Å². The summed E-state index contributed by atoms with van der Waals surface area (Å²) < 4.78 is 5.21. The van der Waals surface area contributed by atoms with Gasteiger partial charge in [0.1, 0.15) is 17.1 Å². The van der Waals surface area contributed by atoms with Crippen LogP contribution in [0.3, 0.4) is 0 Å². The lowest BCUT2D eigenvalue weighted by molar-refractivity contribution is 0.0213. The number of hydrogen-bond donors (Lipinski definition) is 4. The Labute approximate surface area is 160 Å². The molecule has 142 valence electrons. The van der Waals surface area contributed by atoms with Gasteiger partial charge in [0.25, 0.3) is 0 Å². The zero-order chi connectivity index (χ0) is 20.4. The van der Waals surface area contributed by atoms with Crippen LogP contribution < -0.4 is 10.5 Å². The van der Waals surface area contributed by atoms with Gasteiger partial charge in [-0.3, -0.25) is 9.59 Å². The second-order valence-corrected chi connectivity index (χ2v) is 7.02.